The normalized spacial score (nSPS) is 24.9. The van der Waals surface area contributed by atoms with Crippen LogP contribution < -0.4 is 20.4 Å². The molecule has 1 aromatic carbocycles. The Morgan fingerprint density at radius 2 is 2.03 bits per heavy atom. The standard InChI is InChI=1S/C21H24F3N3O4/c1-25-21-7-20(8-21,9-23)10-27(11-21)16-14(24)5-12-15(18(16)31-2)26(4-3-22)6-13(17(12)28)19(29)30/h5-6,25H,3-4,7-11H2,1-2H3,(H,29,30). The van der Waals surface area contributed by atoms with Gasteiger partial charge in [0.05, 0.1) is 31.2 Å². The average Bonchev–Trinajstić information content (AvgIpc) is 2.73. The van der Waals surface area contributed by atoms with E-state index in [0.29, 0.717) is 19.4 Å². The molecule has 31 heavy (non-hydrogen) atoms. The molecule has 3 heterocycles. The van der Waals surface area contributed by atoms with Crippen molar-refractivity contribution in [2.75, 3.05) is 45.5 Å². The summed E-state index contributed by atoms with van der Waals surface area (Å²) in [7, 11) is 3.09. The van der Waals surface area contributed by atoms with Crippen molar-refractivity contribution in [3.8, 4) is 5.75 Å². The number of nitrogens with one attached hydrogen (secondary N) is 1. The van der Waals surface area contributed by atoms with Gasteiger partial charge >= 0.3 is 5.97 Å². The number of pyridine rings is 1. The van der Waals surface area contributed by atoms with E-state index in [2.05, 4.69) is 5.32 Å². The SMILES string of the molecule is CNC12CN(c3c(F)cc4c(=O)c(C(=O)O)cn(CCF)c4c3OC)CC(CF)(C1)C2. The molecule has 2 aliphatic heterocycles. The highest BCUT2D eigenvalue weighted by Gasteiger charge is 2.59. The van der Waals surface area contributed by atoms with Crippen LogP contribution in [0.3, 0.4) is 0 Å². The molecule has 10 heteroatoms. The lowest BCUT2D eigenvalue weighted by atomic mass is 9.54. The van der Waals surface area contributed by atoms with Gasteiger partial charge in [-0.2, -0.15) is 0 Å². The number of hydrogen-bond acceptors (Lipinski definition) is 5. The molecule has 1 aromatic heterocycles. The van der Waals surface area contributed by atoms with E-state index in [1.807, 2.05) is 0 Å². The maximum atomic E-state index is 15.4. The first-order valence-electron chi connectivity index (χ1n) is 9.96. The number of aromatic nitrogens is 1. The van der Waals surface area contributed by atoms with Gasteiger partial charge in [-0.1, -0.05) is 0 Å². The van der Waals surface area contributed by atoms with Gasteiger partial charge in [-0.25, -0.2) is 13.6 Å². The molecule has 3 fully saturated rings. The molecular formula is C21H24F3N3O4. The van der Waals surface area contributed by atoms with Crippen LogP contribution in [-0.4, -0.2) is 61.8 Å². The molecule has 0 atom stereocenters. The second kappa shape index (κ2) is 7.44. The lowest BCUT2D eigenvalue weighted by Crippen LogP contribution is -2.73. The Morgan fingerprint density at radius 3 is 2.58 bits per heavy atom. The molecule has 0 radical (unpaired) electrons. The van der Waals surface area contributed by atoms with Crippen molar-refractivity contribution in [2.45, 2.75) is 24.9 Å². The van der Waals surface area contributed by atoms with Crippen LogP contribution in [0.1, 0.15) is 23.2 Å². The maximum absolute atomic E-state index is 15.4. The van der Waals surface area contributed by atoms with E-state index in [1.54, 1.807) is 11.9 Å². The Bertz CT molecular complexity index is 1090. The average molecular weight is 439 g/mol. The molecule has 0 spiro atoms. The fourth-order valence-corrected chi connectivity index (χ4v) is 5.38. The summed E-state index contributed by atoms with van der Waals surface area (Å²) in [6.07, 6.45) is 2.31. The molecule has 2 saturated heterocycles. The second-order valence-electron chi connectivity index (χ2n) is 8.57. The van der Waals surface area contributed by atoms with Gasteiger partial charge in [-0.05, 0) is 26.0 Å². The van der Waals surface area contributed by atoms with Crippen LogP contribution in [0.5, 0.6) is 5.75 Å². The molecule has 1 aliphatic carbocycles. The first-order chi connectivity index (χ1) is 14.7. The minimum Gasteiger partial charge on any atom is -0.492 e. The number of aromatic carboxylic acids is 1. The number of rotatable bonds is 7. The zero-order chi connectivity index (χ0) is 22.6. The molecular weight excluding hydrogens is 415 g/mol. The third kappa shape index (κ3) is 3.15. The molecule has 2 bridgehead atoms. The zero-order valence-electron chi connectivity index (χ0n) is 17.3. The highest BCUT2D eigenvalue weighted by molar-refractivity contribution is 5.97. The lowest BCUT2D eigenvalue weighted by molar-refractivity contribution is -0.0332. The quantitative estimate of drug-likeness (QED) is 0.689. The van der Waals surface area contributed by atoms with Gasteiger partial charge in [0.2, 0.25) is 5.43 Å². The van der Waals surface area contributed by atoms with E-state index in [9.17, 15) is 23.5 Å². The molecule has 1 saturated carbocycles. The number of piperidine rings is 2. The maximum Gasteiger partial charge on any atom is 0.341 e. The number of halogens is 3. The molecule has 2 N–H and O–H groups in total. The fourth-order valence-electron chi connectivity index (χ4n) is 5.38. The van der Waals surface area contributed by atoms with Crippen molar-refractivity contribution in [2.24, 2.45) is 5.41 Å². The number of anilines is 1. The van der Waals surface area contributed by atoms with Crippen LogP contribution in [-0.2, 0) is 6.54 Å². The van der Waals surface area contributed by atoms with E-state index in [1.165, 1.54) is 11.7 Å². The minimum atomic E-state index is -1.49. The first-order valence-corrected chi connectivity index (χ1v) is 9.96. The number of aryl methyl sites for hydroxylation is 1. The van der Waals surface area contributed by atoms with E-state index in [4.69, 9.17) is 4.74 Å². The summed E-state index contributed by atoms with van der Waals surface area (Å²) in [4.78, 5) is 25.9. The van der Waals surface area contributed by atoms with Crippen molar-refractivity contribution in [3.05, 3.63) is 33.9 Å². The number of hydrogen-bond donors (Lipinski definition) is 2. The molecule has 3 aliphatic rings. The topological polar surface area (TPSA) is 83.8 Å². The molecule has 0 unspecified atom stereocenters. The Hall–Kier alpha value is -2.75. The first kappa shape index (κ1) is 21.5. The molecule has 168 valence electrons. The number of carbonyl (C=O) groups is 1. The van der Waals surface area contributed by atoms with Crippen LogP contribution in [0.4, 0.5) is 18.9 Å². The second-order valence-corrected chi connectivity index (χ2v) is 8.57. The van der Waals surface area contributed by atoms with Crippen molar-refractivity contribution >= 4 is 22.6 Å². The predicted molar refractivity (Wildman–Crippen MR) is 109 cm³/mol. The molecule has 5 rings (SSSR count). The molecule has 7 nitrogen and oxygen atoms in total. The summed E-state index contributed by atoms with van der Waals surface area (Å²) in [6.45, 7) is -0.937. The number of fused-ring (bicyclic) bond motifs is 3. The monoisotopic (exact) mass is 439 g/mol. The van der Waals surface area contributed by atoms with Crippen LogP contribution >= 0.6 is 0 Å². The number of nitrogens with zero attached hydrogens (tertiary/aromatic N) is 2. The van der Waals surface area contributed by atoms with Gasteiger partial charge in [0.15, 0.2) is 11.6 Å². The van der Waals surface area contributed by atoms with Gasteiger partial charge < -0.3 is 24.6 Å². The van der Waals surface area contributed by atoms with Crippen molar-refractivity contribution in [1.82, 2.24) is 9.88 Å². The van der Waals surface area contributed by atoms with Gasteiger partial charge in [0, 0.05) is 30.2 Å². The predicted octanol–water partition coefficient (Wildman–Crippen LogP) is 2.34. The molecule has 0 amide bonds. The van der Waals surface area contributed by atoms with Crippen LogP contribution in [0.2, 0.25) is 0 Å². The highest BCUT2D eigenvalue weighted by atomic mass is 19.1. The fraction of sp³-hybridized carbons (Fsp3) is 0.524. The van der Waals surface area contributed by atoms with Gasteiger partial charge in [0.25, 0.3) is 0 Å². The van der Waals surface area contributed by atoms with E-state index < -0.39 is 41.5 Å². The summed E-state index contributed by atoms with van der Waals surface area (Å²) in [6, 6.07) is 0.963. The third-order valence-electron chi connectivity index (χ3n) is 6.58. The van der Waals surface area contributed by atoms with Gasteiger partial charge in [-0.3, -0.25) is 9.18 Å². The highest BCUT2D eigenvalue weighted by Crippen LogP contribution is 2.55. The number of carboxylic acid groups (broad SMARTS) is 1. The summed E-state index contributed by atoms with van der Waals surface area (Å²) in [5.74, 6) is -2.27. The lowest BCUT2D eigenvalue weighted by Gasteiger charge is -2.63. The van der Waals surface area contributed by atoms with E-state index >= 15 is 4.39 Å². The van der Waals surface area contributed by atoms with Crippen molar-refractivity contribution in [3.63, 3.8) is 0 Å². The largest absolute Gasteiger partial charge is 0.492 e. The third-order valence-corrected chi connectivity index (χ3v) is 6.58. The van der Waals surface area contributed by atoms with E-state index in [0.717, 1.165) is 12.3 Å². The Labute approximate surface area is 176 Å². The Balaban J connectivity index is 1.96. The number of methoxy groups -OCH3 is 1. The van der Waals surface area contributed by atoms with Crippen LogP contribution in [0.15, 0.2) is 17.1 Å². The number of benzene rings is 1. The Kier molecular flexibility index (Phi) is 5.15. The number of likely N-dealkylation sites (N-methyl/N-ethyl adjacent to an activating group) is 1. The van der Waals surface area contributed by atoms with Gasteiger partial charge in [-0.15, -0.1) is 0 Å². The van der Waals surface area contributed by atoms with Crippen molar-refractivity contribution < 1.29 is 27.8 Å². The number of carboxylic acids is 1. The summed E-state index contributed by atoms with van der Waals surface area (Å²) in [5.41, 5.74) is -2.25. The number of alkyl halides is 2. The molecule has 2 aromatic rings. The summed E-state index contributed by atoms with van der Waals surface area (Å²) in [5, 5.41) is 12.3. The smallest absolute Gasteiger partial charge is 0.341 e. The van der Waals surface area contributed by atoms with Crippen LogP contribution in [0.25, 0.3) is 10.9 Å². The Morgan fingerprint density at radius 1 is 1.32 bits per heavy atom. The van der Waals surface area contributed by atoms with Gasteiger partial charge in [0.1, 0.15) is 17.9 Å². The van der Waals surface area contributed by atoms with Crippen LogP contribution in [0, 0.1) is 11.2 Å². The summed E-state index contributed by atoms with van der Waals surface area (Å²) >= 11 is 0. The summed E-state index contributed by atoms with van der Waals surface area (Å²) < 4.78 is 49.2. The minimum absolute atomic E-state index is 0.000880. The zero-order valence-corrected chi connectivity index (χ0v) is 17.3. The number of ether oxygens (including phenoxy) is 1. The van der Waals surface area contributed by atoms with E-state index in [-0.39, 0.29) is 41.0 Å². The van der Waals surface area contributed by atoms with Crippen molar-refractivity contribution in [1.29, 1.82) is 0 Å².